The van der Waals surface area contributed by atoms with Gasteiger partial charge in [-0.05, 0) is 26.2 Å². The number of nitrogens with zero attached hydrogens (tertiary/aromatic N) is 1. The number of esters is 1. The average molecular weight is 274 g/mol. The summed E-state index contributed by atoms with van der Waals surface area (Å²) in [6.45, 7) is 3.57. The summed E-state index contributed by atoms with van der Waals surface area (Å²) in [7, 11) is 1.31. The molecule has 1 heterocycles. The Labute approximate surface area is 112 Å². The number of piperidine rings is 1. The number of methoxy groups -OCH3 is 1. The molecule has 0 saturated carbocycles. The zero-order valence-corrected chi connectivity index (χ0v) is 11.9. The lowest BCUT2D eigenvalue weighted by Gasteiger charge is -2.29. The van der Waals surface area contributed by atoms with Crippen molar-refractivity contribution in [1.82, 2.24) is 4.90 Å². The van der Waals surface area contributed by atoms with Gasteiger partial charge in [-0.1, -0.05) is 0 Å². The number of rotatable bonds is 5. The van der Waals surface area contributed by atoms with E-state index >= 15 is 0 Å². The Balaban J connectivity index is 2.33. The number of carbonyl (C=O) groups is 2. The molecule has 104 valence electrons. The van der Waals surface area contributed by atoms with Crippen molar-refractivity contribution in [1.29, 1.82) is 0 Å². The molecule has 1 aliphatic heterocycles. The molecule has 0 aromatic rings. The van der Waals surface area contributed by atoms with Gasteiger partial charge in [0.15, 0.2) is 0 Å². The van der Waals surface area contributed by atoms with Crippen molar-refractivity contribution in [3.63, 3.8) is 0 Å². The molecule has 1 amide bonds. The molecule has 1 saturated heterocycles. The lowest BCUT2D eigenvalue weighted by molar-refractivity contribution is -0.141. The minimum atomic E-state index is -0.656. The summed E-state index contributed by atoms with van der Waals surface area (Å²) in [5.74, 6) is 0.129. The van der Waals surface area contributed by atoms with Crippen LogP contribution in [0.3, 0.4) is 0 Å². The molecule has 2 N–H and O–H groups in total. The monoisotopic (exact) mass is 274 g/mol. The minimum absolute atomic E-state index is 0.150. The van der Waals surface area contributed by atoms with Crippen molar-refractivity contribution in [3.8, 4) is 0 Å². The van der Waals surface area contributed by atoms with Crippen LogP contribution in [-0.2, 0) is 14.3 Å². The van der Waals surface area contributed by atoms with Crippen molar-refractivity contribution in [2.75, 3.05) is 26.0 Å². The van der Waals surface area contributed by atoms with Crippen LogP contribution in [0.2, 0.25) is 0 Å². The highest BCUT2D eigenvalue weighted by Gasteiger charge is 2.24. The number of ether oxygens (including phenoxy) is 1. The Bertz CT molecular complexity index is 293. The molecular weight excluding hydrogens is 252 g/mol. The molecule has 18 heavy (non-hydrogen) atoms. The van der Waals surface area contributed by atoms with Gasteiger partial charge in [0.05, 0.1) is 12.4 Å². The minimum Gasteiger partial charge on any atom is -0.468 e. The zero-order chi connectivity index (χ0) is 13.5. The molecule has 1 rings (SSSR count). The molecule has 2 unspecified atom stereocenters. The number of hydrogen-bond donors (Lipinski definition) is 1. The van der Waals surface area contributed by atoms with Gasteiger partial charge in [-0.3, -0.25) is 9.59 Å². The first-order chi connectivity index (χ1) is 8.56. The fourth-order valence-electron chi connectivity index (χ4n) is 1.91. The van der Waals surface area contributed by atoms with Gasteiger partial charge >= 0.3 is 5.97 Å². The maximum Gasteiger partial charge on any atom is 0.323 e. The van der Waals surface area contributed by atoms with Gasteiger partial charge < -0.3 is 15.4 Å². The summed E-state index contributed by atoms with van der Waals surface area (Å²) in [4.78, 5) is 25.1. The van der Waals surface area contributed by atoms with Crippen LogP contribution in [0.4, 0.5) is 0 Å². The highest BCUT2D eigenvalue weighted by molar-refractivity contribution is 8.00. The van der Waals surface area contributed by atoms with E-state index in [-0.39, 0.29) is 11.2 Å². The number of hydrogen-bond acceptors (Lipinski definition) is 5. The van der Waals surface area contributed by atoms with E-state index in [1.807, 2.05) is 11.8 Å². The van der Waals surface area contributed by atoms with Gasteiger partial charge in [0.1, 0.15) is 6.04 Å². The number of nitrogens with two attached hydrogens (primary N) is 1. The number of amides is 1. The maximum atomic E-state index is 12.1. The summed E-state index contributed by atoms with van der Waals surface area (Å²) >= 11 is 1.41. The van der Waals surface area contributed by atoms with Gasteiger partial charge in [-0.15, -0.1) is 11.8 Å². The lowest BCUT2D eigenvalue weighted by Crippen LogP contribution is -2.41. The van der Waals surface area contributed by atoms with E-state index < -0.39 is 12.0 Å². The predicted molar refractivity (Wildman–Crippen MR) is 72.3 cm³/mol. The van der Waals surface area contributed by atoms with Crippen LogP contribution in [-0.4, -0.2) is 54.0 Å². The molecule has 5 nitrogen and oxygen atoms in total. The highest BCUT2D eigenvalue weighted by Crippen LogP contribution is 2.17. The summed E-state index contributed by atoms with van der Waals surface area (Å²) in [6, 6.07) is -0.656. The van der Waals surface area contributed by atoms with Gasteiger partial charge in [0.25, 0.3) is 0 Å². The van der Waals surface area contributed by atoms with Crippen LogP contribution in [0.25, 0.3) is 0 Å². The second kappa shape index (κ2) is 7.63. The molecule has 0 aliphatic carbocycles. The molecule has 6 heteroatoms. The molecule has 2 atom stereocenters. The van der Waals surface area contributed by atoms with Crippen molar-refractivity contribution >= 4 is 23.6 Å². The van der Waals surface area contributed by atoms with Gasteiger partial charge in [0.2, 0.25) is 5.91 Å². The Hall–Kier alpha value is -0.750. The molecule has 0 aromatic carbocycles. The topological polar surface area (TPSA) is 72.6 Å². The van der Waals surface area contributed by atoms with Crippen molar-refractivity contribution in [2.24, 2.45) is 5.73 Å². The molecule has 0 spiro atoms. The van der Waals surface area contributed by atoms with Gasteiger partial charge in [-0.2, -0.15) is 0 Å². The third kappa shape index (κ3) is 4.49. The average Bonchev–Trinajstić information content (AvgIpc) is 2.43. The maximum absolute atomic E-state index is 12.1. The molecule has 0 aromatic heterocycles. The second-order valence-corrected chi connectivity index (χ2v) is 5.86. The SMILES string of the molecule is COC(=O)C(N)CSC(C)C(=O)N1CCCCC1. The second-order valence-electron chi connectivity index (χ2n) is 4.49. The number of carbonyl (C=O) groups excluding carboxylic acids is 2. The van der Waals surface area contributed by atoms with Crippen LogP contribution in [0, 0.1) is 0 Å². The summed E-state index contributed by atoms with van der Waals surface area (Å²) in [6.07, 6.45) is 3.38. The molecular formula is C12H22N2O3S. The Morgan fingerprint density at radius 3 is 2.50 bits per heavy atom. The van der Waals surface area contributed by atoms with Crippen molar-refractivity contribution in [2.45, 2.75) is 37.5 Å². The first kappa shape index (κ1) is 15.3. The van der Waals surface area contributed by atoms with Crippen LogP contribution in [0.15, 0.2) is 0 Å². The van der Waals surface area contributed by atoms with Crippen LogP contribution >= 0.6 is 11.8 Å². The first-order valence-corrected chi connectivity index (χ1v) is 7.35. The fraction of sp³-hybridized carbons (Fsp3) is 0.833. The molecule has 1 aliphatic rings. The third-order valence-corrected chi connectivity index (χ3v) is 4.30. The van der Waals surface area contributed by atoms with E-state index in [0.717, 1.165) is 25.9 Å². The Morgan fingerprint density at radius 2 is 1.94 bits per heavy atom. The van der Waals surface area contributed by atoms with Crippen LogP contribution in [0.1, 0.15) is 26.2 Å². The van der Waals surface area contributed by atoms with Crippen molar-refractivity contribution in [3.05, 3.63) is 0 Å². The third-order valence-electron chi connectivity index (χ3n) is 3.05. The molecule has 0 bridgehead atoms. The Morgan fingerprint density at radius 1 is 1.33 bits per heavy atom. The zero-order valence-electron chi connectivity index (χ0n) is 11.1. The largest absolute Gasteiger partial charge is 0.468 e. The molecule has 0 radical (unpaired) electrons. The van der Waals surface area contributed by atoms with Gasteiger partial charge in [0, 0.05) is 18.8 Å². The van der Waals surface area contributed by atoms with Crippen LogP contribution in [0.5, 0.6) is 0 Å². The molecule has 1 fully saturated rings. The number of likely N-dealkylation sites (tertiary alicyclic amines) is 1. The quantitative estimate of drug-likeness (QED) is 0.744. The van der Waals surface area contributed by atoms with E-state index in [9.17, 15) is 9.59 Å². The Kier molecular flexibility index (Phi) is 6.49. The first-order valence-electron chi connectivity index (χ1n) is 6.30. The predicted octanol–water partition coefficient (Wildman–Crippen LogP) is 0.621. The smallest absolute Gasteiger partial charge is 0.323 e. The summed E-state index contributed by atoms with van der Waals surface area (Å²) in [5.41, 5.74) is 5.63. The number of thioether (sulfide) groups is 1. The van der Waals surface area contributed by atoms with E-state index in [4.69, 9.17) is 5.73 Å². The fourth-order valence-corrected chi connectivity index (χ4v) is 2.83. The standard InChI is InChI=1S/C12H22N2O3S/c1-9(18-8-10(13)12(16)17-2)11(15)14-6-4-3-5-7-14/h9-10H,3-8,13H2,1-2H3. The van der Waals surface area contributed by atoms with E-state index in [2.05, 4.69) is 4.74 Å². The van der Waals surface area contributed by atoms with Crippen LogP contribution < -0.4 is 5.73 Å². The lowest BCUT2D eigenvalue weighted by atomic mass is 10.1. The highest BCUT2D eigenvalue weighted by atomic mass is 32.2. The summed E-state index contributed by atoms with van der Waals surface area (Å²) < 4.78 is 4.55. The van der Waals surface area contributed by atoms with E-state index in [1.165, 1.54) is 25.3 Å². The van der Waals surface area contributed by atoms with E-state index in [0.29, 0.717) is 5.75 Å². The van der Waals surface area contributed by atoms with Gasteiger partial charge in [-0.25, -0.2) is 0 Å². The van der Waals surface area contributed by atoms with E-state index in [1.54, 1.807) is 0 Å². The normalized spacial score (nSPS) is 19.2. The summed E-state index contributed by atoms with van der Waals surface area (Å²) in [5, 5.41) is -0.154. The van der Waals surface area contributed by atoms with Crippen molar-refractivity contribution < 1.29 is 14.3 Å².